The van der Waals surface area contributed by atoms with Crippen LogP contribution < -0.4 is 10.5 Å². The van der Waals surface area contributed by atoms with E-state index in [1.165, 1.54) is 6.92 Å². The molecule has 8 nitrogen and oxygen atoms in total. The van der Waals surface area contributed by atoms with E-state index < -0.39 is 21.3 Å². The second kappa shape index (κ2) is 8.73. The number of sulfone groups is 1. The van der Waals surface area contributed by atoms with E-state index in [4.69, 9.17) is 10.5 Å². The lowest BCUT2D eigenvalue weighted by molar-refractivity contribution is -0.143. The van der Waals surface area contributed by atoms with E-state index in [1.54, 1.807) is 37.4 Å². The Kier molecular flexibility index (Phi) is 6.09. The number of H-pyrrole nitrogens is 1. The molecule has 2 aromatic carbocycles. The van der Waals surface area contributed by atoms with Gasteiger partial charge < -0.3 is 20.6 Å². The van der Waals surface area contributed by atoms with Gasteiger partial charge in [0.1, 0.15) is 16.9 Å². The Morgan fingerprint density at radius 1 is 1.24 bits per heavy atom. The van der Waals surface area contributed by atoms with Crippen molar-refractivity contribution in [3.05, 3.63) is 54.2 Å². The van der Waals surface area contributed by atoms with Crippen molar-refractivity contribution in [1.82, 2.24) is 9.97 Å². The first kappa shape index (κ1) is 23.7. The number of fused-ring (bicyclic) bond motifs is 3. The number of aromatic amines is 1. The van der Waals surface area contributed by atoms with Crippen molar-refractivity contribution in [3.8, 4) is 16.9 Å². The van der Waals surface area contributed by atoms with E-state index in [2.05, 4.69) is 9.97 Å². The highest BCUT2D eigenvalue weighted by atomic mass is 32.2. The summed E-state index contributed by atoms with van der Waals surface area (Å²) < 4.78 is 30.9. The van der Waals surface area contributed by atoms with Crippen molar-refractivity contribution in [2.75, 3.05) is 12.4 Å². The molecule has 0 fully saturated rings. The van der Waals surface area contributed by atoms with E-state index in [0.29, 0.717) is 16.9 Å². The molecule has 0 radical (unpaired) electrons. The fourth-order valence-corrected chi connectivity index (χ4v) is 4.76. The van der Waals surface area contributed by atoms with Crippen LogP contribution in [0.15, 0.2) is 53.6 Å². The largest absolute Gasteiger partial charge is 0.491 e. The van der Waals surface area contributed by atoms with Gasteiger partial charge in [-0.2, -0.15) is 0 Å². The standard InChI is InChI=1S/C25H27N3O5S/c1-4-34(31,32)17-7-5-6-16(13-17)18-8-9-20(33-11-10-25(3,26)24(29)30)22-21(18)19-12-15(2)14-27-23(19)28-22/h5-9,12-14H,4,10-11,26H2,1-3H3,(H,27,28)(H,29,30)/t25-/m0/s1. The highest BCUT2D eigenvalue weighted by molar-refractivity contribution is 7.91. The third-order valence-electron chi connectivity index (χ3n) is 5.96. The van der Waals surface area contributed by atoms with Crippen molar-refractivity contribution in [3.63, 3.8) is 0 Å². The monoisotopic (exact) mass is 481 g/mol. The Morgan fingerprint density at radius 2 is 2.00 bits per heavy atom. The molecule has 0 aliphatic rings. The molecule has 34 heavy (non-hydrogen) atoms. The third kappa shape index (κ3) is 4.36. The number of carboxylic acids is 1. The molecule has 1 atom stereocenters. The van der Waals surface area contributed by atoms with Crippen molar-refractivity contribution < 1.29 is 23.1 Å². The van der Waals surface area contributed by atoms with Gasteiger partial charge in [0.2, 0.25) is 0 Å². The lowest BCUT2D eigenvalue weighted by Gasteiger charge is -2.19. The van der Waals surface area contributed by atoms with E-state index in [9.17, 15) is 18.3 Å². The van der Waals surface area contributed by atoms with Crippen LogP contribution in [0, 0.1) is 6.92 Å². The molecule has 0 unspecified atom stereocenters. The highest BCUT2D eigenvalue weighted by Gasteiger charge is 2.28. The maximum absolute atomic E-state index is 12.5. The van der Waals surface area contributed by atoms with E-state index >= 15 is 0 Å². The summed E-state index contributed by atoms with van der Waals surface area (Å²) >= 11 is 0. The smallest absolute Gasteiger partial charge is 0.323 e. The number of ether oxygens (including phenoxy) is 1. The molecular weight excluding hydrogens is 454 g/mol. The van der Waals surface area contributed by atoms with Gasteiger partial charge in [0.25, 0.3) is 0 Å². The van der Waals surface area contributed by atoms with Gasteiger partial charge in [-0.1, -0.05) is 19.1 Å². The van der Waals surface area contributed by atoms with E-state index in [-0.39, 0.29) is 23.7 Å². The SMILES string of the molecule is CCS(=O)(=O)c1cccc(-c2ccc(OCC[C@](C)(N)C(=O)O)c3[nH]c4ncc(C)cc4c23)c1. The summed E-state index contributed by atoms with van der Waals surface area (Å²) in [6, 6.07) is 12.6. The van der Waals surface area contributed by atoms with Crippen molar-refractivity contribution in [2.45, 2.75) is 37.6 Å². The third-order valence-corrected chi connectivity index (χ3v) is 7.69. The summed E-state index contributed by atoms with van der Waals surface area (Å²) in [6.07, 6.45) is 1.89. The number of aliphatic carboxylic acids is 1. The number of hydrogen-bond acceptors (Lipinski definition) is 6. The summed E-state index contributed by atoms with van der Waals surface area (Å²) in [4.78, 5) is 19.4. The molecule has 4 rings (SSSR count). The predicted octanol–water partition coefficient (Wildman–Crippen LogP) is 4.06. The molecule has 0 aliphatic carbocycles. The summed E-state index contributed by atoms with van der Waals surface area (Å²) in [6.45, 7) is 5.13. The van der Waals surface area contributed by atoms with Crippen LogP contribution in [0.25, 0.3) is 33.1 Å². The first-order valence-corrected chi connectivity index (χ1v) is 12.6. The summed E-state index contributed by atoms with van der Waals surface area (Å²) in [5.41, 5.74) is 8.37. The van der Waals surface area contributed by atoms with Crippen molar-refractivity contribution >= 4 is 37.7 Å². The molecule has 0 saturated carbocycles. The Labute approximate surface area is 197 Å². The van der Waals surface area contributed by atoms with Crippen LogP contribution >= 0.6 is 0 Å². The number of aromatic nitrogens is 2. The van der Waals surface area contributed by atoms with E-state index in [0.717, 1.165) is 27.5 Å². The van der Waals surface area contributed by atoms with Crippen LogP contribution in [0.5, 0.6) is 5.75 Å². The first-order valence-electron chi connectivity index (χ1n) is 10.9. The number of hydrogen-bond donors (Lipinski definition) is 3. The van der Waals surface area contributed by atoms with Gasteiger partial charge in [0, 0.05) is 23.4 Å². The second-order valence-corrected chi connectivity index (χ2v) is 10.9. The number of nitrogens with two attached hydrogens (primary N) is 1. The van der Waals surface area contributed by atoms with Gasteiger partial charge >= 0.3 is 5.97 Å². The van der Waals surface area contributed by atoms with Crippen LogP contribution in [-0.2, 0) is 14.6 Å². The molecule has 4 N–H and O–H groups in total. The summed E-state index contributed by atoms with van der Waals surface area (Å²) in [5, 5.41) is 11.0. The Bertz CT molecular complexity index is 1510. The summed E-state index contributed by atoms with van der Waals surface area (Å²) in [7, 11) is -3.36. The van der Waals surface area contributed by atoms with Crippen molar-refractivity contribution in [2.24, 2.45) is 5.73 Å². The maximum Gasteiger partial charge on any atom is 0.323 e. The minimum Gasteiger partial charge on any atom is -0.491 e. The molecule has 0 aliphatic heterocycles. The average molecular weight is 482 g/mol. The fraction of sp³-hybridized carbons (Fsp3) is 0.280. The van der Waals surface area contributed by atoms with Crippen LogP contribution in [0.2, 0.25) is 0 Å². The lowest BCUT2D eigenvalue weighted by atomic mass is 9.99. The van der Waals surface area contributed by atoms with Crippen LogP contribution in [0.3, 0.4) is 0 Å². The van der Waals surface area contributed by atoms with Crippen LogP contribution in [0.4, 0.5) is 0 Å². The molecule has 178 valence electrons. The molecule has 0 spiro atoms. The number of aryl methyl sites for hydroxylation is 1. The molecular formula is C25H27N3O5S. The number of rotatable bonds is 8. The number of benzene rings is 2. The zero-order valence-corrected chi connectivity index (χ0v) is 20.1. The Hall–Kier alpha value is -3.43. The molecule has 9 heteroatoms. The van der Waals surface area contributed by atoms with Gasteiger partial charge in [-0.15, -0.1) is 0 Å². The van der Waals surface area contributed by atoms with Gasteiger partial charge in [0.05, 0.1) is 22.8 Å². The molecule has 2 heterocycles. The van der Waals surface area contributed by atoms with Gasteiger partial charge in [-0.3, -0.25) is 4.79 Å². The normalized spacial score (nSPS) is 13.8. The number of carboxylic acid groups (broad SMARTS) is 1. The lowest BCUT2D eigenvalue weighted by Crippen LogP contribution is -2.45. The zero-order chi connectivity index (χ0) is 24.7. The first-order chi connectivity index (χ1) is 16.0. The number of carbonyl (C=O) groups is 1. The molecule has 2 aromatic heterocycles. The minimum atomic E-state index is -3.36. The van der Waals surface area contributed by atoms with Crippen molar-refractivity contribution in [1.29, 1.82) is 0 Å². The Morgan fingerprint density at radius 3 is 2.71 bits per heavy atom. The maximum atomic E-state index is 12.5. The zero-order valence-electron chi connectivity index (χ0n) is 19.3. The van der Waals surface area contributed by atoms with Gasteiger partial charge in [-0.25, -0.2) is 13.4 Å². The number of nitrogens with one attached hydrogen (secondary N) is 1. The van der Waals surface area contributed by atoms with Crippen LogP contribution in [-0.4, -0.2) is 47.4 Å². The number of nitrogens with zero attached hydrogens (tertiary/aromatic N) is 1. The molecule has 4 aromatic rings. The van der Waals surface area contributed by atoms with Crippen LogP contribution in [0.1, 0.15) is 25.8 Å². The average Bonchev–Trinajstić information content (AvgIpc) is 3.18. The highest BCUT2D eigenvalue weighted by Crippen LogP contribution is 2.39. The second-order valence-electron chi connectivity index (χ2n) is 8.65. The topological polar surface area (TPSA) is 135 Å². The van der Waals surface area contributed by atoms with E-state index in [1.807, 2.05) is 25.1 Å². The quantitative estimate of drug-likeness (QED) is 0.345. The number of pyridine rings is 1. The van der Waals surface area contributed by atoms with Gasteiger partial charge in [0.15, 0.2) is 9.84 Å². The Balaban J connectivity index is 1.86. The molecule has 0 bridgehead atoms. The predicted molar refractivity (Wildman–Crippen MR) is 132 cm³/mol. The molecule has 0 saturated heterocycles. The molecule has 0 amide bonds. The van der Waals surface area contributed by atoms with Gasteiger partial charge in [-0.05, 0) is 60.9 Å². The summed E-state index contributed by atoms with van der Waals surface area (Å²) in [5.74, 6) is -0.539. The fourth-order valence-electron chi connectivity index (χ4n) is 3.83. The minimum absolute atomic E-state index is 0.0191.